The van der Waals surface area contributed by atoms with Crippen LogP contribution >= 0.6 is 0 Å². The van der Waals surface area contributed by atoms with Crippen LogP contribution in [-0.4, -0.2) is 11.9 Å². The van der Waals surface area contributed by atoms with Gasteiger partial charge in [0.25, 0.3) is 5.91 Å². The Kier molecular flexibility index (Phi) is 4.65. The number of carbonyl (C=O) groups is 1. The van der Waals surface area contributed by atoms with Crippen molar-refractivity contribution in [2.45, 2.75) is 32.7 Å². The Bertz CT molecular complexity index is 451. The van der Waals surface area contributed by atoms with Crippen LogP contribution in [0, 0.1) is 24.1 Å². The summed E-state index contributed by atoms with van der Waals surface area (Å²) in [6, 6.07) is 5.90. The van der Waals surface area contributed by atoms with Crippen molar-refractivity contribution < 1.29 is 9.18 Å². The van der Waals surface area contributed by atoms with E-state index in [1.807, 2.05) is 13.0 Å². The molecule has 0 aliphatic carbocycles. The molecule has 1 atom stereocenters. The van der Waals surface area contributed by atoms with Crippen molar-refractivity contribution in [1.82, 2.24) is 5.32 Å². The SMILES string of the molecule is CC[C@@H](CC#N)NC(=O)c1ccc(F)cc1C. The molecule has 0 saturated carbocycles. The second kappa shape index (κ2) is 6.00. The van der Waals surface area contributed by atoms with Gasteiger partial charge in [-0.1, -0.05) is 6.92 Å². The van der Waals surface area contributed by atoms with Gasteiger partial charge in [-0.25, -0.2) is 4.39 Å². The van der Waals surface area contributed by atoms with Crippen LogP contribution < -0.4 is 5.32 Å². The van der Waals surface area contributed by atoms with Crippen LogP contribution in [0.5, 0.6) is 0 Å². The summed E-state index contributed by atoms with van der Waals surface area (Å²) in [6.07, 6.45) is 0.974. The van der Waals surface area contributed by atoms with Crippen LogP contribution in [-0.2, 0) is 0 Å². The van der Waals surface area contributed by atoms with E-state index in [9.17, 15) is 9.18 Å². The van der Waals surface area contributed by atoms with Gasteiger partial charge in [-0.15, -0.1) is 0 Å². The fraction of sp³-hybridized carbons (Fsp3) is 0.385. The summed E-state index contributed by atoms with van der Waals surface area (Å²) >= 11 is 0. The summed E-state index contributed by atoms with van der Waals surface area (Å²) in [5.41, 5.74) is 1.04. The van der Waals surface area contributed by atoms with Gasteiger partial charge in [0, 0.05) is 11.6 Å². The molecular formula is C13H15FN2O. The maximum absolute atomic E-state index is 12.9. The minimum Gasteiger partial charge on any atom is -0.348 e. The van der Waals surface area contributed by atoms with Crippen LogP contribution in [0.1, 0.15) is 35.7 Å². The number of nitriles is 1. The standard InChI is InChI=1S/C13H15FN2O/c1-3-11(6-7-15)16-13(17)12-5-4-10(14)8-9(12)2/h4-5,8,11H,3,6H2,1-2H3,(H,16,17)/t11-/m0/s1. The first-order valence-corrected chi connectivity index (χ1v) is 5.52. The number of halogens is 1. The molecule has 0 unspecified atom stereocenters. The van der Waals surface area contributed by atoms with Crippen LogP contribution in [0.4, 0.5) is 4.39 Å². The Morgan fingerprint density at radius 2 is 2.29 bits per heavy atom. The van der Waals surface area contributed by atoms with Gasteiger partial charge in [0.2, 0.25) is 0 Å². The third-order valence-electron chi connectivity index (χ3n) is 2.60. The van der Waals surface area contributed by atoms with Crippen LogP contribution in [0.2, 0.25) is 0 Å². The first kappa shape index (κ1) is 13.2. The lowest BCUT2D eigenvalue weighted by Crippen LogP contribution is -2.34. The van der Waals surface area contributed by atoms with Crippen LogP contribution in [0.3, 0.4) is 0 Å². The van der Waals surface area contributed by atoms with E-state index < -0.39 is 0 Å². The molecule has 0 aliphatic heterocycles. The van der Waals surface area contributed by atoms with Crippen molar-refractivity contribution in [3.05, 3.63) is 35.1 Å². The van der Waals surface area contributed by atoms with Crippen LogP contribution in [0.15, 0.2) is 18.2 Å². The van der Waals surface area contributed by atoms with Crippen molar-refractivity contribution >= 4 is 5.91 Å². The highest BCUT2D eigenvalue weighted by atomic mass is 19.1. The monoisotopic (exact) mass is 234 g/mol. The summed E-state index contributed by atoms with van der Waals surface area (Å²) in [5.74, 6) is -0.618. The van der Waals surface area contributed by atoms with Gasteiger partial charge in [-0.05, 0) is 37.1 Å². The van der Waals surface area contributed by atoms with Gasteiger partial charge in [-0.3, -0.25) is 4.79 Å². The Morgan fingerprint density at radius 3 is 2.82 bits per heavy atom. The van der Waals surface area contributed by atoms with E-state index >= 15 is 0 Å². The third-order valence-corrected chi connectivity index (χ3v) is 2.60. The van der Waals surface area contributed by atoms with E-state index in [2.05, 4.69) is 5.32 Å². The normalized spacial score (nSPS) is 11.6. The molecule has 0 bridgehead atoms. The maximum atomic E-state index is 12.9. The van der Waals surface area contributed by atoms with Crippen molar-refractivity contribution in [3.8, 4) is 6.07 Å². The lowest BCUT2D eigenvalue weighted by Gasteiger charge is -2.14. The van der Waals surface area contributed by atoms with Gasteiger partial charge in [0.05, 0.1) is 12.5 Å². The minimum atomic E-state index is -0.358. The van der Waals surface area contributed by atoms with E-state index in [1.165, 1.54) is 18.2 Å². The van der Waals surface area contributed by atoms with Gasteiger partial charge in [-0.2, -0.15) is 5.26 Å². The first-order valence-electron chi connectivity index (χ1n) is 5.52. The van der Waals surface area contributed by atoms with Gasteiger partial charge >= 0.3 is 0 Å². The van der Waals surface area contributed by atoms with E-state index in [1.54, 1.807) is 6.92 Å². The lowest BCUT2D eigenvalue weighted by atomic mass is 10.1. The number of benzene rings is 1. The molecule has 0 saturated heterocycles. The molecule has 0 spiro atoms. The highest BCUT2D eigenvalue weighted by Gasteiger charge is 2.13. The summed E-state index contributed by atoms with van der Waals surface area (Å²) in [4.78, 5) is 11.9. The molecule has 0 heterocycles. The second-order valence-corrected chi connectivity index (χ2v) is 3.90. The molecule has 3 nitrogen and oxygen atoms in total. The molecule has 4 heteroatoms. The molecule has 0 fully saturated rings. The number of hydrogen-bond donors (Lipinski definition) is 1. The number of aryl methyl sites for hydroxylation is 1. The van der Waals surface area contributed by atoms with Crippen molar-refractivity contribution in [2.75, 3.05) is 0 Å². The average Bonchev–Trinajstić information content (AvgIpc) is 2.28. The Labute approximate surface area is 100 Å². The zero-order valence-corrected chi connectivity index (χ0v) is 9.96. The highest BCUT2D eigenvalue weighted by Crippen LogP contribution is 2.10. The van der Waals surface area contributed by atoms with E-state index in [-0.39, 0.29) is 24.2 Å². The second-order valence-electron chi connectivity index (χ2n) is 3.90. The van der Waals surface area contributed by atoms with E-state index in [0.717, 1.165) is 0 Å². The molecule has 1 N–H and O–H groups in total. The molecule has 90 valence electrons. The zero-order chi connectivity index (χ0) is 12.8. The van der Waals surface area contributed by atoms with E-state index in [4.69, 9.17) is 5.26 Å². The zero-order valence-electron chi connectivity index (χ0n) is 9.96. The minimum absolute atomic E-state index is 0.156. The largest absolute Gasteiger partial charge is 0.348 e. The number of amides is 1. The number of nitrogens with one attached hydrogen (secondary N) is 1. The molecule has 1 rings (SSSR count). The number of hydrogen-bond acceptors (Lipinski definition) is 2. The predicted molar refractivity (Wildman–Crippen MR) is 62.9 cm³/mol. The lowest BCUT2D eigenvalue weighted by molar-refractivity contribution is 0.0936. The number of carbonyl (C=O) groups excluding carboxylic acids is 1. The molecule has 1 amide bonds. The number of rotatable bonds is 4. The number of nitrogens with zero attached hydrogens (tertiary/aromatic N) is 1. The fourth-order valence-corrected chi connectivity index (χ4v) is 1.55. The third kappa shape index (κ3) is 3.56. The summed E-state index contributed by atoms with van der Waals surface area (Å²) in [6.45, 7) is 3.59. The smallest absolute Gasteiger partial charge is 0.251 e. The predicted octanol–water partition coefficient (Wildman–Crippen LogP) is 2.56. The van der Waals surface area contributed by atoms with E-state index in [0.29, 0.717) is 17.5 Å². The Balaban J connectivity index is 2.79. The molecular weight excluding hydrogens is 219 g/mol. The molecule has 1 aromatic carbocycles. The van der Waals surface area contributed by atoms with Gasteiger partial charge in [0.15, 0.2) is 0 Å². The van der Waals surface area contributed by atoms with Gasteiger partial charge < -0.3 is 5.32 Å². The Hall–Kier alpha value is -1.89. The summed E-state index contributed by atoms with van der Waals surface area (Å²) in [5, 5.41) is 11.4. The molecule has 0 aliphatic rings. The quantitative estimate of drug-likeness (QED) is 0.870. The molecule has 17 heavy (non-hydrogen) atoms. The summed E-state index contributed by atoms with van der Waals surface area (Å²) in [7, 11) is 0. The average molecular weight is 234 g/mol. The molecule has 1 aromatic rings. The molecule has 0 aromatic heterocycles. The summed E-state index contributed by atoms with van der Waals surface area (Å²) < 4.78 is 12.9. The Morgan fingerprint density at radius 1 is 1.59 bits per heavy atom. The topological polar surface area (TPSA) is 52.9 Å². The van der Waals surface area contributed by atoms with Gasteiger partial charge in [0.1, 0.15) is 5.82 Å². The van der Waals surface area contributed by atoms with Crippen molar-refractivity contribution in [2.24, 2.45) is 0 Å². The first-order chi connectivity index (χ1) is 8.08. The molecule has 0 radical (unpaired) electrons. The van der Waals surface area contributed by atoms with Crippen LogP contribution in [0.25, 0.3) is 0 Å². The fourth-order valence-electron chi connectivity index (χ4n) is 1.55. The maximum Gasteiger partial charge on any atom is 0.251 e. The van der Waals surface area contributed by atoms with Crippen molar-refractivity contribution in [1.29, 1.82) is 5.26 Å². The highest BCUT2D eigenvalue weighted by molar-refractivity contribution is 5.95. The van der Waals surface area contributed by atoms with Crippen molar-refractivity contribution in [3.63, 3.8) is 0 Å².